The van der Waals surface area contributed by atoms with Gasteiger partial charge in [0.2, 0.25) is 0 Å². The molecule has 4 aliphatic rings. The molecule has 0 heteroatoms. The fourth-order valence-corrected chi connectivity index (χ4v) is 9.60. The lowest BCUT2D eigenvalue weighted by Crippen LogP contribution is -2.25. The van der Waals surface area contributed by atoms with Crippen LogP contribution in [-0.2, 0) is 0 Å². The normalized spacial score (nSPS) is 38.1. The van der Waals surface area contributed by atoms with Crippen LogP contribution in [0.25, 0.3) is 0 Å². The van der Waals surface area contributed by atoms with Crippen molar-refractivity contribution >= 4 is 0 Å². The molecule has 0 nitrogen and oxygen atoms in total. The van der Waals surface area contributed by atoms with E-state index in [4.69, 9.17) is 0 Å². The number of rotatable bonds is 8. The largest absolute Gasteiger partial charge is 0.0654 e. The van der Waals surface area contributed by atoms with E-state index in [9.17, 15) is 0 Å². The van der Waals surface area contributed by atoms with Crippen LogP contribution in [0.3, 0.4) is 0 Å². The molecule has 0 heterocycles. The molecule has 4 fully saturated rings. The van der Waals surface area contributed by atoms with Crippen molar-refractivity contribution < 1.29 is 0 Å². The molecule has 1 aromatic carbocycles. The van der Waals surface area contributed by atoms with Crippen LogP contribution in [0.15, 0.2) is 24.3 Å². The molecular formula is C36H58. The Balaban J connectivity index is 1.04. The van der Waals surface area contributed by atoms with E-state index in [1.807, 2.05) is 0 Å². The van der Waals surface area contributed by atoms with Gasteiger partial charge in [0.15, 0.2) is 0 Å². The van der Waals surface area contributed by atoms with Crippen molar-refractivity contribution in [1.82, 2.24) is 0 Å². The van der Waals surface area contributed by atoms with Gasteiger partial charge in [-0.3, -0.25) is 0 Å². The Morgan fingerprint density at radius 3 is 0.972 bits per heavy atom. The first-order valence-corrected chi connectivity index (χ1v) is 16.8. The van der Waals surface area contributed by atoms with Crippen molar-refractivity contribution in [2.24, 2.45) is 35.5 Å². The predicted octanol–water partition coefficient (Wildman–Crippen LogP) is 11.4. The first-order chi connectivity index (χ1) is 17.7. The molecule has 0 N–H and O–H groups in total. The summed E-state index contributed by atoms with van der Waals surface area (Å²) in [6, 6.07) is 10.2. The van der Waals surface area contributed by atoms with E-state index in [1.165, 1.54) is 128 Å². The highest BCUT2D eigenvalue weighted by Crippen LogP contribution is 2.46. The highest BCUT2D eigenvalue weighted by molar-refractivity contribution is 5.28. The van der Waals surface area contributed by atoms with E-state index in [-0.39, 0.29) is 0 Å². The van der Waals surface area contributed by atoms with Gasteiger partial charge in [-0.1, -0.05) is 89.5 Å². The molecule has 0 saturated heterocycles. The maximum Gasteiger partial charge on any atom is -0.0162 e. The van der Waals surface area contributed by atoms with E-state index < -0.39 is 0 Å². The molecule has 0 bridgehead atoms. The zero-order valence-electron chi connectivity index (χ0n) is 24.1. The molecule has 4 saturated carbocycles. The summed E-state index contributed by atoms with van der Waals surface area (Å²) >= 11 is 0. The number of hydrogen-bond donors (Lipinski definition) is 0. The second-order valence-electron chi connectivity index (χ2n) is 14.0. The summed E-state index contributed by atoms with van der Waals surface area (Å²) in [6.07, 6.45) is 29.8. The van der Waals surface area contributed by atoms with Crippen molar-refractivity contribution in [2.45, 2.75) is 154 Å². The van der Waals surface area contributed by atoms with Crippen molar-refractivity contribution in [3.05, 3.63) is 35.4 Å². The fraction of sp³-hybridized carbons (Fsp3) is 0.833. The first-order valence-electron chi connectivity index (χ1n) is 16.8. The van der Waals surface area contributed by atoms with Crippen molar-refractivity contribution in [3.63, 3.8) is 0 Å². The lowest BCUT2D eigenvalue weighted by Gasteiger charge is -2.38. The Hall–Kier alpha value is -0.780. The second kappa shape index (κ2) is 13.3. The number of benzene rings is 1. The lowest BCUT2D eigenvalue weighted by molar-refractivity contribution is 0.156. The van der Waals surface area contributed by atoms with Gasteiger partial charge in [-0.05, 0) is 136 Å². The minimum atomic E-state index is 0.838. The van der Waals surface area contributed by atoms with Gasteiger partial charge in [-0.2, -0.15) is 0 Å². The summed E-state index contributed by atoms with van der Waals surface area (Å²) in [4.78, 5) is 0. The van der Waals surface area contributed by atoms with Gasteiger partial charge in [-0.15, -0.1) is 0 Å². The van der Waals surface area contributed by atoms with Gasteiger partial charge in [0, 0.05) is 0 Å². The van der Waals surface area contributed by atoms with Crippen LogP contribution < -0.4 is 0 Å². The third kappa shape index (κ3) is 6.80. The Morgan fingerprint density at radius 1 is 0.417 bits per heavy atom. The van der Waals surface area contributed by atoms with Crippen LogP contribution in [0, 0.1) is 35.5 Å². The highest BCUT2D eigenvalue weighted by atomic mass is 14.4. The van der Waals surface area contributed by atoms with Crippen LogP contribution >= 0.6 is 0 Å². The smallest absolute Gasteiger partial charge is 0.0162 e. The van der Waals surface area contributed by atoms with E-state index in [2.05, 4.69) is 38.1 Å². The molecule has 36 heavy (non-hydrogen) atoms. The minimum absolute atomic E-state index is 0.838. The molecule has 0 amide bonds. The molecule has 0 unspecified atom stereocenters. The van der Waals surface area contributed by atoms with Gasteiger partial charge in [0.05, 0.1) is 0 Å². The zero-order chi connectivity index (χ0) is 24.7. The summed E-state index contributed by atoms with van der Waals surface area (Å²) < 4.78 is 0. The van der Waals surface area contributed by atoms with Gasteiger partial charge < -0.3 is 0 Å². The van der Waals surface area contributed by atoms with Gasteiger partial charge in [-0.25, -0.2) is 0 Å². The third-order valence-electron chi connectivity index (χ3n) is 11.9. The molecular weight excluding hydrogens is 432 g/mol. The Morgan fingerprint density at radius 2 is 0.694 bits per heavy atom. The number of hydrogen-bond acceptors (Lipinski definition) is 0. The van der Waals surface area contributed by atoms with Crippen molar-refractivity contribution in [1.29, 1.82) is 0 Å². The Bertz CT molecular complexity index is 664. The molecule has 5 rings (SSSR count). The van der Waals surface area contributed by atoms with E-state index in [0.717, 1.165) is 47.3 Å². The van der Waals surface area contributed by atoms with Crippen LogP contribution in [-0.4, -0.2) is 0 Å². The van der Waals surface area contributed by atoms with Gasteiger partial charge in [0.1, 0.15) is 0 Å². The molecule has 4 aliphatic carbocycles. The summed E-state index contributed by atoms with van der Waals surface area (Å²) in [5.74, 6) is 7.99. The topological polar surface area (TPSA) is 0 Å². The second-order valence-corrected chi connectivity index (χ2v) is 14.0. The van der Waals surface area contributed by atoms with Crippen LogP contribution in [0.4, 0.5) is 0 Å². The molecule has 1 aromatic rings. The molecule has 0 aliphatic heterocycles. The molecule has 202 valence electrons. The van der Waals surface area contributed by atoms with E-state index in [1.54, 1.807) is 11.1 Å². The fourth-order valence-electron chi connectivity index (χ4n) is 9.60. The predicted molar refractivity (Wildman–Crippen MR) is 157 cm³/mol. The van der Waals surface area contributed by atoms with Crippen LogP contribution in [0.1, 0.15) is 165 Å². The summed E-state index contributed by atoms with van der Waals surface area (Å²) in [7, 11) is 0. The quantitative estimate of drug-likeness (QED) is 0.340. The zero-order valence-corrected chi connectivity index (χ0v) is 24.1. The van der Waals surface area contributed by atoms with Crippen LogP contribution in [0.5, 0.6) is 0 Å². The Labute approximate surface area is 224 Å². The van der Waals surface area contributed by atoms with Crippen molar-refractivity contribution in [2.75, 3.05) is 0 Å². The van der Waals surface area contributed by atoms with Gasteiger partial charge >= 0.3 is 0 Å². The molecule has 0 atom stereocenters. The van der Waals surface area contributed by atoms with Gasteiger partial charge in [0.25, 0.3) is 0 Å². The standard InChI is InChI=1S/C36H58/c1-3-5-27-7-11-29(12-8-27)31-15-19-33(20-16-31)35-23-25-36(26-24-35)34-21-17-32(18-22-34)30-13-9-28(6-4-2)10-14-30/h23-34H,3-22H2,1-2H3/t27-,28-,29-,30-,31?,32?,33?,34?. The SMILES string of the molecule is CCC[C@H]1CC[C@H](C2CCC(c3ccc(C4CCC([C@H]5CC[C@H](CCC)CC5)CC4)cc3)CC2)CC1. The summed E-state index contributed by atoms with van der Waals surface area (Å²) in [6.45, 7) is 4.73. The van der Waals surface area contributed by atoms with Crippen molar-refractivity contribution in [3.8, 4) is 0 Å². The molecule has 0 aromatic heterocycles. The monoisotopic (exact) mass is 490 g/mol. The minimum Gasteiger partial charge on any atom is -0.0654 e. The first kappa shape index (κ1) is 26.8. The Kier molecular flexibility index (Phi) is 9.93. The molecule has 0 spiro atoms. The summed E-state index contributed by atoms with van der Waals surface area (Å²) in [5, 5.41) is 0. The lowest BCUT2D eigenvalue weighted by atomic mass is 9.67. The highest BCUT2D eigenvalue weighted by Gasteiger charge is 2.33. The average molecular weight is 491 g/mol. The third-order valence-corrected chi connectivity index (χ3v) is 11.9. The maximum atomic E-state index is 2.54. The summed E-state index contributed by atoms with van der Waals surface area (Å²) in [5.41, 5.74) is 3.31. The molecule has 0 radical (unpaired) electrons. The van der Waals surface area contributed by atoms with Crippen LogP contribution in [0.2, 0.25) is 0 Å². The van der Waals surface area contributed by atoms with E-state index >= 15 is 0 Å². The maximum absolute atomic E-state index is 2.54. The average Bonchev–Trinajstić information content (AvgIpc) is 2.95. The van der Waals surface area contributed by atoms with E-state index in [0.29, 0.717) is 0 Å².